The molecule has 0 saturated carbocycles. The van der Waals surface area contributed by atoms with Crippen molar-refractivity contribution in [2.75, 3.05) is 19.0 Å². The Bertz CT molecular complexity index is 572. The minimum absolute atomic E-state index is 0.257. The van der Waals surface area contributed by atoms with E-state index in [0.717, 1.165) is 0 Å². The van der Waals surface area contributed by atoms with Crippen LogP contribution in [-0.4, -0.2) is 28.6 Å². The Morgan fingerprint density at radius 3 is 2.37 bits per heavy atom. The summed E-state index contributed by atoms with van der Waals surface area (Å²) in [5.74, 6) is 0.872. The van der Waals surface area contributed by atoms with Crippen molar-refractivity contribution >= 4 is 29.2 Å². The predicted octanol–water partition coefficient (Wildman–Crippen LogP) is 3.29. The fourth-order valence-corrected chi connectivity index (χ4v) is 2.00. The molecule has 0 unspecified atom stereocenters. The molecule has 0 aliphatic rings. The first kappa shape index (κ1) is 13.8. The van der Waals surface area contributed by atoms with Crippen LogP contribution in [0.3, 0.4) is 0 Å². The van der Waals surface area contributed by atoms with Crippen molar-refractivity contribution in [2.45, 2.75) is 6.92 Å². The van der Waals surface area contributed by atoms with E-state index in [2.05, 4.69) is 20.3 Å². The third-order valence-electron chi connectivity index (χ3n) is 2.23. The lowest BCUT2D eigenvalue weighted by Crippen LogP contribution is -2.05. The van der Waals surface area contributed by atoms with Gasteiger partial charge in [-0.15, -0.1) is 0 Å². The summed E-state index contributed by atoms with van der Waals surface area (Å²) in [6.07, 6.45) is 0. The summed E-state index contributed by atoms with van der Waals surface area (Å²) in [7, 11) is 1.72. The van der Waals surface area contributed by atoms with E-state index in [1.807, 2.05) is 6.92 Å². The van der Waals surface area contributed by atoms with Crippen molar-refractivity contribution in [3.63, 3.8) is 0 Å². The van der Waals surface area contributed by atoms with E-state index in [-0.39, 0.29) is 6.01 Å². The molecule has 0 atom stereocenters. The van der Waals surface area contributed by atoms with Gasteiger partial charge in [-0.05, 0) is 25.1 Å². The van der Waals surface area contributed by atoms with E-state index < -0.39 is 0 Å². The molecule has 1 aromatic carbocycles. The molecule has 100 valence electrons. The van der Waals surface area contributed by atoms with Gasteiger partial charge < -0.3 is 10.1 Å². The van der Waals surface area contributed by atoms with E-state index in [0.29, 0.717) is 34.0 Å². The first-order valence-corrected chi connectivity index (χ1v) is 6.41. The van der Waals surface area contributed by atoms with E-state index in [9.17, 15) is 0 Å². The summed E-state index contributed by atoms with van der Waals surface area (Å²) in [5.41, 5.74) is 0.706. The van der Waals surface area contributed by atoms with Crippen LogP contribution in [0.5, 0.6) is 6.01 Å². The maximum Gasteiger partial charge on any atom is 0.321 e. The summed E-state index contributed by atoms with van der Waals surface area (Å²) >= 11 is 11.9. The van der Waals surface area contributed by atoms with E-state index >= 15 is 0 Å². The molecule has 19 heavy (non-hydrogen) atoms. The summed E-state index contributed by atoms with van der Waals surface area (Å²) in [6.45, 7) is 2.33. The van der Waals surface area contributed by atoms with Crippen LogP contribution in [0.1, 0.15) is 6.92 Å². The van der Waals surface area contributed by atoms with Crippen LogP contribution < -0.4 is 10.1 Å². The highest BCUT2D eigenvalue weighted by atomic mass is 35.5. The number of aromatic nitrogens is 3. The van der Waals surface area contributed by atoms with Gasteiger partial charge in [0.2, 0.25) is 5.95 Å². The molecule has 0 fully saturated rings. The van der Waals surface area contributed by atoms with Crippen LogP contribution in [0.15, 0.2) is 18.2 Å². The molecule has 0 bridgehead atoms. The van der Waals surface area contributed by atoms with Crippen molar-refractivity contribution in [1.82, 2.24) is 15.0 Å². The number of benzene rings is 1. The van der Waals surface area contributed by atoms with Crippen molar-refractivity contribution in [3.05, 3.63) is 28.2 Å². The van der Waals surface area contributed by atoms with Crippen molar-refractivity contribution < 1.29 is 4.74 Å². The van der Waals surface area contributed by atoms with Gasteiger partial charge in [0.15, 0.2) is 5.82 Å². The third-order valence-corrected chi connectivity index (χ3v) is 2.67. The Hall–Kier alpha value is -1.59. The fourth-order valence-electron chi connectivity index (χ4n) is 1.47. The Kier molecular flexibility index (Phi) is 4.39. The molecule has 1 aromatic heterocycles. The zero-order chi connectivity index (χ0) is 13.8. The molecule has 0 spiro atoms. The lowest BCUT2D eigenvalue weighted by atomic mass is 10.2. The normalized spacial score (nSPS) is 10.3. The lowest BCUT2D eigenvalue weighted by Gasteiger charge is -2.07. The standard InChI is InChI=1S/C12H12Cl2N4O/c1-3-19-12-17-10(16-11(15-2)18-12)7-4-8(13)6-9(14)5-7/h4-6H,3H2,1-2H3,(H,15,16,17,18). The number of anilines is 1. The van der Waals surface area contributed by atoms with Gasteiger partial charge in [-0.1, -0.05) is 23.2 Å². The molecule has 0 aliphatic carbocycles. The molecule has 0 aliphatic heterocycles. The van der Waals surface area contributed by atoms with Crippen LogP contribution in [0.4, 0.5) is 5.95 Å². The Morgan fingerprint density at radius 1 is 1.11 bits per heavy atom. The van der Waals surface area contributed by atoms with Crippen LogP contribution >= 0.6 is 23.2 Å². The van der Waals surface area contributed by atoms with Crippen LogP contribution in [0.25, 0.3) is 11.4 Å². The van der Waals surface area contributed by atoms with Gasteiger partial charge >= 0.3 is 6.01 Å². The lowest BCUT2D eigenvalue weighted by molar-refractivity contribution is 0.312. The highest BCUT2D eigenvalue weighted by molar-refractivity contribution is 6.35. The molecule has 0 radical (unpaired) electrons. The maximum absolute atomic E-state index is 5.97. The zero-order valence-corrected chi connectivity index (χ0v) is 12.0. The molecule has 1 N–H and O–H groups in total. The number of hydrogen-bond acceptors (Lipinski definition) is 5. The molecule has 7 heteroatoms. The highest BCUT2D eigenvalue weighted by Gasteiger charge is 2.10. The van der Waals surface area contributed by atoms with Gasteiger partial charge in [0, 0.05) is 22.7 Å². The Morgan fingerprint density at radius 2 is 1.79 bits per heavy atom. The number of nitrogens with zero attached hydrogens (tertiary/aromatic N) is 3. The van der Waals surface area contributed by atoms with Gasteiger partial charge in [-0.2, -0.15) is 15.0 Å². The molecule has 0 amide bonds. The Balaban J connectivity index is 2.50. The second kappa shape index (κ2) is 6.04. The third kappa shape index (κ3) is 3.45. The van der Waals surface area contributed by atoms with Gasteiger partial charge in [-0.25, -0.2) is 0 Å². The second-order valence-corrected chi connectivity index (χ2v) is 4.48. The van der Waals surface area contributed by atoms with Crippen LogP contribution in [0, 0.1) is 0 Å². The van der Waals surface area contributed by atoms with Crippen molar-refractivity contribution in [3.8, 4) is 17.4 Å². The van der Waals surface area contributed by atoms with Crippen LogP contribution in [-0.2, 0) is 0 Å². The predicted molar refractivity (Wildman–Crippen MR) is 76.0 cm³/mol. The molecule has 5 nitrogen and oxygen atoms in total. The van der Waals surface area contributed by atoms with E-state index in [1.165, 1.54) is 0 Å². The van der Waals surface area contributed by atoms with Crippen molar-refractivity contribution in [2.24, 2.45) is 0 Å². The Labute approximate surface area is 121 Å². The van der Waals surface area contributed by atoms with E-state index in [4.69, 9.17) is 27.9 Å². The number of ether oxygens (including phenoxy) is 1. The minimum Gasteiger partial charge on any atom is -0.464 e. The topological polar surface area (TPSA) is 59.9 Å². The molecular formula is C12H12Cl2N4O. The van der Waals surface area contributed by atoms with Crippen LogP contribution in [0.2, 0.25) is 10.0 Å². The smallest absolute Gasteiger partial charge is 0.321 e. The summed E-state index contributed by atoms with van der Waals surface area (Å²) in [4.78, 5) is 12.6. The van der Waals surface area contributed by atoms with Gasteiger partial charge in [-0.3, -0.25) is 0 Å². The second-order valence-electron chi connectivity index (χ2n) is 3.61. The largest absolute Gasteiger partial charge is 0.464 e. The summed E-state index contributed by atoms with van der Waals surface area (Å²) < 4.78 is 5.30. The first-order valence-electron chi connectivity index (χ1n) is 5.65. The van der Waals surface area contributed by atoms with Gasteiger partial charge in [0.25, 0.3) is 0 Å². The quantitative estimate of drug-likeness (QED) is 0.938. The SMILES string of the molecule is CCOc1nc(NC)nc(-c2cc(Cl)cc(Cl)c2)n1. The fraction of sp³-hybridized carbons (Fsp3) is 0.250. The van der Waals surface area contributed by atoms with Crippen molar-refractivity contribution in [1.29, 1.82) is 0 Å². The molecule has 1 heterocycles. The minimum atomic E-state index is 0.257. The molecule has 2 aromatic rings. The molecule has 2 rings (SSSR count). The average Bonchev–Trinajstić information content (AvgIpc) is 2.37. The molecule has 0 saturated heterocycles. The monoisotopic (exact) mass is 298 g/mol. The number of halogens is 2. The average molecular weight is 299 g/mol. The number of hydrogen-bond donors (Lipinski definition) is 1. The van der Waals surface area contributed by atoms with Gasteiger partial charge in [0.1, 0.15) is 0 Å². The molecular weight excluding hydrogens is 287 g/mol. The summed E-state index contributed by atoms with van der Waals surface area (Å²) in [5, 5.41) is 3.90. The first-order chi connectivity index (χ1) is 9.12. The summed E-state index contributed by atoms with van der Waals surface area (Å²) in [6, 6.07) is 5.37. The maximum atomic E-state index is 5.97. The van der Waals surface area contributed by atoms with Gasteiger partial charge in [0.05, 0.1) is 6.61 Å². The highest BCUT2D eigenvalue weighted by Crippen LogP contribution is 2.26. The zero-order valence-electron chi connectivity index (χ0n) is 10.4. The van der Waals surface area contributed by atoms with E-state index in [1.54, 1.807) is 25.2 Å². The number of rotatable bonds is 4. The number of nitrogens with one attached hydrogen (secondary N) is 1.